The Morgan fingerprint density at radius 1 is 1.39 bits per heavy atom. The Kier molecular flexibility index (Phi) is 3.88. The predicted octanol–water partition coefficient (Wildman–Crippen LogP) is 1.24. The molecule has 0 aromatic carbocycles. The van der Waals surface area contributed by atoms with E-state index in [2.05, 4.69) is 47.9 Å². The second-order valence-corrected chi connectivity index (χ2v) is 5.53. The molecule has 1 saturated heterocycles. The lowest BCUT2D eigenvalue weighted by Crippen LogP contribution is -2.34. The van der Waals surface area contributed by atoms with Gasteiger partial charge < -0.3 is 15.5 Å². The van der Waals surface area contributed by atoms with Crippen LogP contribution in [0.15, 0.2) is 12.1 Å². The third-order valence-electron chi connectivity index (χ3n) is 3.96. The largest absolute Gasteiger partial charge is 0.355 e. The topological polar surface area (TPSA) is 45.4 Å². The van der Waals surface area contributed by atoms with Crippen LogP contribution in [-0.2, 0) is 6.54 Å². The fourth-order valence-electron chi connectivity index (χ4n) is 2.78. The van der Waals surface area contributed by atoms with Crippen LogP contribution in [0.5, 0.6) is 0 Å². The lowest BCUT2D eigenvalue weighted by molar-refractivity contribution is 0.266. The third kappa shape index (κ3) is 2.49. The number of aromatic nitrogens is 1. The van der Waals surface area contributed by atoms with Gasteiger partial charge in [0.1, 0.15) is 5.82 Å². The highest BCUT2D eigenvalue weighted by molar-refractivity contribution is 5.43. The van der Waals surface area contributed by atoms with Gasteiger partial charge in [-0.1, -0.05) is 13.0 Å². The summed E-state index contributed by atoms with van der Waals surface area (Å²) in [5, 5.41) is 0. The van der Waals surface area contributed by atoms with E-state index in [0.717, 1.165) is 30.2 Å². The van der Waals surface area contributed by atoms with Gasteiger partial charge >= 0.3 is 0 Å². The Morgan fingerprint density at radius 2 is 2.11 bits per heavy atom. The van der Waals surface area contributed by atoms with Crippen molar-refractivity contribution in [3.63, 3.8) is 0 Å². The van der Waals surface area contributed by atoms with Crippen LogP contribution in [-0.4, -0.2) is 43.1 Å². The quantitative estimate of drug-likeness (QED) is 0.874. The minimum Gasteiger partial charge on any atom is -0.355 e. The fourth-order valence-corrected chi connectivity index (χ4v) is 2.78. The molecular formula is C14H24N4. The van der Waals surface area contributed by atoms with Crippen LogP contribution in [0, 0.1) is 12.8 Å². The molecule has 0 radical (unpaired) electrons. The molecule has 1 aliphatic heterocycles. The number of rotatable bonds is 3. The molecule has 1 aromatic heterocycles. The molecule has 2 N–H and O–H groups in total. The molecule has 0 saturated carbocycles. The zero-order valence-electron chi connectivity index (χ0n) is 11.8. The standard InChI is InChI=1S/C14H24N4/c1-10-8-18(9-13(10)17(3)4)14-6-5-12(7-15)11(2)16-14/h5-6,10,13H,7-9,15H2,1-4H3. The molecule has 2 atom stereocenters. The number of anilines is 1. The second-order valence-electron chi connectivity index (χ2n) is 5.53. The molecule has 4 nitrogen and oxygen atoms in total. The third-order valence-corrected chi connectivity index (χ3v) is 3.96. The summed E-state index contributed by atoms with van der Waals surface area (Å²) >= 11 is 0. The molecule has 0 aliphatic carbocycles. The van der Waals surface area contributed by atoms with Crippen molar-refractivity contribution in [2.45, 2.75) is 26.4 Å². The number of nitrogens with two attached hydrogens (primary N) is 1. The number of aryl methyl sites for hydroxylation is 1. The summed E-state index contributed by atoms with van der Waals surface area (Å²) in [5.74, 6) is 1.76. The molecular weight excluding hydrogens is 224 g/mol. The van der Waals surface area contributed by atoms with E-state index >= 15 is 0 Å². The monoisotopic (exact) mass is 248 g/mol. The van der Waals surface area contributed by atoms with Crippen LogP contribution in [0.25, 0.3) is 0 Å². The molecule has 0 bridgehead atoms. The van der Waals surface area contributed by atoms with Crippen LogP contribution < -0.4 is 10.6 Å². The maximum Gasteiger partial charge on any atom is 0.128 e. The van der Waals surface area contributed by atoms with Crippen LogP contribution in [0.4, 0.5) is 5.82 Å². The van der Waals surface area contributed by atoms with E-state index < -0.39 is 0 Å². The highest BCUT2D eigenvalue weighted by atomic mass is 15.3. The van der Waals surface area contributed by atoms with E-state index in [1.165, 1.54) is 0 Å². The van der Waals surface area contributed by atoms with E-state index in [1.54, 1.807) is 0 Å². The summed E-state index contributed by atoms with van der Waals surface area (Å²) < 4.78 is 0. The Hall–Kier alpha value is -1.13. The van der Waals surface area contributed by atoms with Crippen LogP contribution in [0.2, 0.25) is 0 Å². The number of pyridine rings is 1. The summed E-state index contributed by atoms with van der Waals surface area (Å²) in [5.41, 5.74) is 7.86. The molecule has 4 heteroatoms. The first kappa shape index (κ1) is 13.3. The van der Waals surface area contributed by atoms with Crippen molar-refractivity contribution < 1.29 is 0 Å². The van der Waals surface area contributed by atoms with E-state index in [4.69, 9.17) is 5.73 Å². The Labute approximate surface area is 110 Å². The van der Waals surface area contributed by atoms with Gasteiger partial charge in [-0.2, -0.15) is 0 Å². The Bertz CT molecular complexity index is 416. The Balaban J connectivity index is 2.16. The summed E-state index contributed by atoms with van der Waals surface area (Å²) in [4.78, 5) is 9.37. The van der Waals surface area contributed by atoms with Crippen molar-refractivity contribution in [1.29, 1.82) is 0 Å². The lowest BCUT2D eigenvalue weighted by atomic mass is 10.1. The van der Waals surface area contributed by atoms with E-state index in [0.29, 0.717) is 18.5 Å². The first-order valence-corrected chi connectivity index (χ1v) is 6.61. The first-order valence-electron chi connectivity index (χ1n) is 6.61. The minimum absolute atomic E-state index is 0.565. The molecule has 2 unspecified atom stereocenters. The molecule has 2 heterocycles. The van der Waals surface area contributed by atoms with Crippen LogP contribution in [0.3, 0.4) is 0 Å². The average Bonchev–Trinajstić information content (AvgIpc) is 2.71. The van der Waals surface area contributed by atoms with Gasteiger partial charge in [0, 0.05) is 31.4 Å². The predicted molar refractivity (Wildman–Crippen MR) is 75.7 cm³/mol. The second kappa shape index (κ2) is 5.24. The molecule has 18 heavy (non-hydrogen) atoms. The SMILES string of the molecule is Cc1nc(N2CC(C)C(N(C)C)C2)ccc1CN. The number of nitrogens with zero attached hydrogens (tertiary/aromatic N) is 3. The zero-order valence-corrected chi connectivity index (χ0v) is 11.8. The van der Waals surface area contributed by atoms with Gasteiger partial charge in [0.2, 0.25) is 0 Å². The number of hydrogen-bond donors (Lipinski definition) is 1. The minimum atomic E-state index is 0.565. The maximum absolute atomic E-state index is 5.68. The molecule has 2 rings (SSSR count). The van der Waals surface area contributed by atoms with E-state index in [-0.39, 0.29) is 0 Å². The van der Waals surface area contributed by atoms with Gasteiger partial charge in [-0.3, -0.25) is 0 Å². The van der Waals surface area contributed by atoms with Crippen molar-refractivity contribution >= 4 is 5.82 Å². The van der Waals surface area contributed by atoms with E-state index in [1.807, 2.05) is 6.92 Å². The van der Waals surface area contributed by atoms with Crippen molar-refractivity contribution in [2.24, 2.45) is 11.7 Å². The molecule has 1 aromatic rings. The summed E-state index contributed by atoms with van der Waals surface area (Å²) in [7, 11) is 4.31. The number of likely N-dealkylation sites (N-methyl/N-ethyl adjacent to an activating group) is 1. The van der Waals surface area contributed by atoms with E-state index in [9.17, 15) is 0 Å². The molecule has 0 spiro atoms. The van der Waals surface area contributed by atoms with Crippen molar-refractivity contribution in [2.75, 3.05) is 32.1 Å². The normalized spacial score (nSPS) is 24.0. The van der Waals surface area contributed by atoms with Crippen LogP contribution in [0.1, 0.15) is 18.2 Å². The number of hydrogen-bond acceptors (Lipinski definition) is 4. The molecule has 1 aliphatic rings. The smallest absolute Gasteiger partial charge is 0.128 e. The molecule has 1 fully saturated rings. The van der Waals surface area contributed by atoms with Gasteiger partial charge in [0.25, 0.3) is 0 Å². The van der Waals surface area contributed by atoms with Gasteiger partial charge in [-0.25, -0.2) is 4.98 Å². The summed E-state index contributed by atoms with van der Waals surface area (Å²) in [6.07, 6.45) is 0. The van der Waals surface area contributed by atoms with Crippen LogP contribution >= 0.6 is 0 Å². The maximum atomic E-state index is 5.68. The highest BCUT2D eigenvalue weighted by Crippen LogP contribution is 2.25. The lowest BCUT2D eigenvalue weighted by Gasteiger charge is -2.22. The van der Waals surface area contributed by atoms with Crippen molar-refractivity contribution in [1.82, 2.24) is 9.88 Å². The van der Waals surface area contributed by atoms with Gasteiger partial charge in [0.15, 0.2) is 0 Å². The molecule has 0 amide bonds. The first-order chi connectivity index (χ1) is 8.52. The van der Waals surface area contributed by atoms with Gasteiger partial charge in [0.05, 0.1) is 0 Å². The van der Waals surface area contributed by atoms with Crippen molar-refractivity contribution in [3.8, 4) is 0 Å². The summed E-state index contributed by atoms with van der Waals surface area (Å²) in [6, 6.07) is 4.81. The van der Waals surface area contributed by atoms with Gasteiger partial charge in [-0.15, -0.1) is 0 Å². The highest BCUT2D eigenvalue weighted by Gasteiger charge is 2.31. The average molecular weight is 248 g/mol. The Morgan fingerprint density at radius 3 is 2.61 bits per heavy atom. The van der Waals surface area contributed by atoms with Gasteiger partial charge in [-0.05, 0) is 38.6 Å². The zero-order chi connectivity index (χ0) is 13.3. The summed E-state index contributed by atoms with van der Waals surface area (Å²) in [6.45, 7) is 7.05. The van der Waals surface area contributed by atoms with Crippen molar-refractivity contribution in [3.05, 3.63) is 23.4 Å². The fraction of sp³-hybridized carbons (Fsp3) is 0.643. The molecule has 100 valence electrons.